The Labute approximate surface area is 68.9 Å². The van der Waals surface area contributed by atoms with Gasteiger partial charge in [-0.2, -0.15) is 0 Å². The van der Waals surface area contributed by atoms with Crippen LogP contribution in [0.3, 0.4) is 0 Å². The standard InChI is InChI=1S/C6H10N2O4/c9-2-1-7-5(10)4-3-8-6(11)12-4/h4,9H,1-3H2,(H,7,10)(H,8,11). The third-order valence-corrected chi connectivity index (χ3v) is 1.38. The molecule has 0 aromatic rings. The minimum Gasteiger partial charge on any atom is -0.434 e. The lowest BCUT2D eigenvalue weighted by atomic mass is 10.3. The van der Waals surface area contributed by atoms with Gasteiger partial charge in [-0.1, -0.05) is 0 Å². The van der Waals surface area contributed by atoms with Gasteiger partial charge < -0.3 is 20.5 Å². The highest BCUT2D eigenvalue weighted by Crippen LogP contribution is 1.98. The van der Waals surface area contributed by atoms with Crippen molar-refractivity contribution in [1.29, 1.82) is 0 Å². The fraction of sp³-hybridized carbons (Fsp3) is 0.667. The number of nitrogens with one attached hydrogen (secondary N) is 2. The van der Waals surface area contributed by atoms with Crippen molar-refractivity contribution in [3.05, 3.63) is 0 Å². The summed E-state index contributed by atoms with van der Waals surface area (Å²) in [7, 11) is 0. The van der Waals surface area contributed by atoms with Crippen LogP contribution in [-0.4, -0.2) is 42.9 Å². The summed E-state index contributed by atoms with van der Waals surface area (Å²) in [5, 5.41) is 13.1. The maximum Gasteiger partial charge on any atom is 0.408 e. The van der Waals surface area contributed by atoms with E-state index < -0.39 is 12.2 Å². The average Bonchev–Trinajstić information content (AvgIpc) is 2.47. The minimum atomic E-state index is -0.760. The summed E-state index contributed by atoms with van der Waals surface area (Å²) in [4.78, 5) is 21.5. The molecular formula is C6H10N2O4. The second-order valence-electron chi connectivity index (χ2n) is 2.29. The molecule has 3 N–H and O–H groups in total. The lowest BCUT2D eigenvalue weighted by Gasteiger charge is -2.06. The summed E-state index contributed by atoms with van der Waals surface area (Å²) >= 11 is 0. The monoisotopic (exact) mass is 174 g/mol. The van der Waals surface area contributed by atoms with Crippen molar-refractivity contribution in [2.75, 3.05) is 19.7 Å². The molecule has 0 bridgehead atoms. The third kappa shape index (κ3) is 2.09. The van der Waals surface area contributed by atoms with Crippen molar-refractivity contribution < 1.29 is 19.4 Å². The Morgan fingerprint density at radius 2 is 2.58 bits per heavy atom. The first kappa shape index (κ1) is 8.79. The van der Waals surface area contributed by atoms with E-state index >= 15 is 0 Å². The summed E-state index contributed by atoms with van der Waals surface area (Å²) < 4.78 is 4.58. The number of carbonyl (C=O) groups is 2. The molecule has 6 nitrogen and oxygen atoms in total. The van der Waals surface area contributed by atoms with Crippen molar-refractivity contribution in [3.8, 4) is 0 Å². The second kappa shape index (κ2) is 3.91. The van der Waals surface area contributed by atoms with E-state index in [1.165, 1.54) is 0 Å². The molecule has 1 rings (SSSR count). The zero-order valence-electron chi connectivity index (χ0n) is 6.37. The van der Waals surface area contributed by atoms with Gasteiger partial charge in [-0.25, -0.2) is 4.79 Å². The van der Waals surface area contributed by atoms with Gasteiger partial charge >= 0.3 is 6.09 Å². The number of carbonyl (C=O) groups excluding carboxylic acids is 2. The molecule has 0 aromatic heterocycles. The lowest BCUT2D eigenvalue weighted by molar-refractivity contribution is -0.127. The van der Waals surface area contributed by atoms with E-state index in [0.717, 1.165) is 0 Å². The number of aliphatic hydroxyl groups excluding tert-OH is 1. The van der Waals surface area contributed by atoms with Crippen LogP contribution in [-0.2, 0) is 9.53 Å². The predicted octanol–water partition coefficient (Wildman–Crippen LogP) is -1.80. The Balaban J connectivity index is 2.28. The van der Waals surface area contributed by atoms with E-state index in [1.54, 1.807) is 0 Å². The molecule has 0 spiro atoms. The van der Waals surface area contributed by atoms with E-state index in [2.05, 4.69) is 15.4 Å². The van der Waals surface area contributed by atoms with Crippen LogP contribution in [0, 0.1) is 0 Å². The zero-order valence-corrected chi connectivity index (χ0v) is 6.37. The number of ether oxygens (including phenoxy) is 1. The predicted molar refractivity (Wildman–Crippen MR) is 38.4 cm³/mol. The fourth-order valence-electron chi connectivity index (χ4n) is 0.828. The van der Waals surface area contributed by atoms with E-state index in [4.69, 9.17) is 5.11 Å². The molecule has 0 aliphatic carbocycles. The summed E-state index contributed by atoms with van der Waals surface area (Å²) in [6, 6.07) is 0. The van der Waals surface area contributed by atoms with Crippen LogP contribution in [0.25, 0.3) is 0 Å². The molecule has 1 saturated heterocycles. The number of aliphatic hydroxyl groups is 1. The van der Waals surface area contributed by atoms with Crippen molar-refractivity contribution in [1.82, 2.24) is 10.6 Å². The largest absolute Gasteiger partial charge is 0.434 e. The van der Waals surface area contributed by atoms with Gasteiger partial charge in [0.15, 0.2) is 6.10 Å². The normalized spacial score (nSPS) is 21.4. The SMILES string of the molecule is O=C1NCC(C(=O)NCCO)O1. The van der Waals surface area contributed by atoms with Crippen LogP contribution in [0.1, 0.15) is 0 Å². The Kier molecular flexibility index (Phi) is 2.87. The Hall–Kier alpha value is -1.30. The minimum absolute atomic E-state index is 0.125. The van der Waals surface area contributed by atoms with Gasteiger partial charge in [-0.3, -0.25) is 4.79 Å². The zero-order chi connectivity index (χ0) is 8.97. The first-order valence-corrected chi connectivity index (χ1v) is 3.57. The molecule has 1 unspecified atom stereocenters. The fourth-order valence-corrected chi connectivity index (χ4v) is 0.828. The van der Waals surface area contributed by atoms with Gasteiger partial charge in [0.05, 0.1) is 13.2 Å². The number of hydrogen-bond donors (Lipinski definition) is 3. The van der Waals surface area contributed by atoms with Crippen LogP contribution in [0.2, 0.25) is 0 Å². The molecular weight excluding hydrogens is 164 g/mol. The van der Waals surface area contributed by atoms with Gasteiger partial charge in [-0.05, 0) is 0 Å². The molecule has 6 heteroatoms. The highest BCUT2D eigenvalue weighted by Gasteiger charge is 2.28. The first-order valence-electron chi connectivity index (χ1n) is 3.57. The maximum absolute atomic E-state index is 11.0. The van der Waals surface area contributed by atoms with Crippen LogP contribution in [0.5, 0.6) is 0 Å². The molecule has 1 fully saturated rings. The van der Waals surface area contributed by atoms with Crippen LogP contribution >= 0.6 is 0 Å². The molecule has 12 heavy (non-hydrogen) atoms. The molecule has 1 heterocycles. The highest BCUT2D eigenvalue weighted by molar-refractivity contribution is 5.86. The van der Waals surface area contributed by atoms with Crippen molar-refractivity contribution in [3.63, 3.8) is 0 Å². The number of amides is 2. The van der Waals surface area contributed by atoms with Crippen LogP contribution in [0.15, 0.2) is 0 Å². The molecule has 0 radical (unpaired) electrons. The number of alkyl carbamates (subject to hydrolysis) is 1. The molecule has 2 amide bonds. The van der Waals surface area contributed by atoms with E-state index in [0.29, 0.717) is 0 Å². The van der Waals surface area contributed by atoms with Gasteiger partial charge in [0.2, 0.25) is 0 Å². The Morgan fingerprint density at radius 3 is 3.08 bits per heavy atom. The molecule has 1 aliphatic heterocycles. The molecule has 1 atom stereocenters. The summed E-state index contributed by atoms with van der Waals surface area (Å²) in [5.74, 6) is -0.387. The van der Waals surface area contributed by atoms with Crippen LogP contribution in [0.4, 0.5) is 4.79 Å². The second-order valence-corrected chi connectivity index (χ2v) is 2.29. The van der Waals surface area contributed by atoms with Crippen molar-refractivity contribution in [2.24, 2.45) is 0 Å². The van der Waals surface area contributed by atoms with Crippen molar-refractivity contribution in [2.45, 2.75) is 6.10 Å². The van der Waals surface area contributed by atoms with E-state index in [-0.39, 0.29) is 25.6 Å². The van der Waals surface area contributed by atoms with Gasteiger partial charge in [0.1, 0.15) is 0 Å². The number of rotatable bonds is 3. The molecule has 1 aliphatic rings. The summed E-state index contributed by atoms with van der Waals surface area (Å²) in [6.45, 7) is 0.239. The average molecular weight is 174 g/mol. The summed E-state index contributed by atoms with van der Waals surface area (Å²) in [5.41, 5.74) is 0. The third-order valence-electron chi connectivity index (χ3n) is 1.38. The summed E-state index contributed by atoms with van der Waals surface area (Å²) in [6.07, 6.45) is -1.34. The topological polar surface area (TPSA) is 87.7 Å². The van der Waals surface area contributed by atoms with Gasteiger partial charge in [-0.15, -0.1) is 0 Å². The molecule has 0 saturated carbocycles. The lowest BCUT2D eigenvalue weighted by Crippen LogP contribution is -2.38. The van der Waals surface area contributed by atoms with E-state index in [9.17, 15) is 9.59 Å². The van der Waals surface area contributed by atoms with Crippen molar-refractivity contribution >= 4 is 12.0 Å². The smallest absolute Gasteiger partial charge is 0.408 e. The van der Waals surface area contributed by atoms with Crippen LogP contribution < -0.4 is 10.6 Å². The molecule has 68 valence electrons. The quantitative estimate of drug-likeness (QED) is 0.471. The number of cyclic esters (lactones) is 1. The first-order chi connectivity index (χ1) is 5.74. The van der Waals surface area contributed by atoms with Gasteiger partial charge in [0, 0.05) is 6.54 Å². The number of hydrogen-bond acceptors (Lipinski definition) is 4. The Morgan fingerprint density at radius 1 is 1.83 bits per heavy atom. The van der Waals surface area contributed by atoms with Gasteiger partial charge in [0.25, 0.3) is 5.91 Å². The maximum atomic E-state index is 11.0. The highest BCUT2D eigenvalue weighted by atomic mass is 16.6. The Bertz CT molecular complexity index is 194. The van der Waals surface area contributed by atoms with E-state index in [1.807, 2.05) is 0 Å². The molecule has 0 aromatic carbocycles.